The molecule has 0 aliphatic heterocycles. The molecule has 25 heavy (non-hydrogen) atoms. The minimum atomic E-state index is -0.296. The Bertz CT molecular complexity index is 1040. The predicted molar refractivity (Wildman–Crippen MR) is 86.4 cm³/mol. The Hall–Kier alpha value is -3.62. The topological polar surface area (TPSA) is 111 Å². The van der Waals surface area contributed by atoms with Crippen LogP contribution in [0.3, 0.4) is 0 Å². The van der Waals surface area contributed by atoms with E-state index >= 15 is 0 Å². The van der Waals surface area contributed by atoms with Gasteiger partial charge in [-0.25, -0.2) is 9.97 Å². The Labute approximate surface area is 141 Å². The zero-order valence-electron chi connectivity index (χ0n) is 13.2. The highest BCUT2D eigenvalue weighted by Crippen LogP contribution is 2.13. The molecule has 0 aromatic carbocycles. The van der Waals surface area contributed by atoms with Gasteiger partial charge in [0, 0.05) is 18.6 Å². The number of carbonyl (C=O) groups is 1. The second-order valence-corrected chi connectivity index (χ2v) is 5.24. The van der Waals surface area contributed by atoms with Crippen LogP contribution in [0.1, 0.15) is 22.1 Å². The molecule has 0 saturated carbocycles. The lowest BCUT2D eigenvalue weighted by atomic mass is 10.3. The fraction of sp³-hybridized carbons (Fsp3) is 0.125. The smallest absolute Gasteiger partial charge is 0.270 e. The van der Waals surface area contributed by atoms with Gasteiger partial charge in [-0.3, -0.25) is 14.2 Å². The first-order valence-electron chi connectivity index (χ1n) is 7.54. The third kappa shape index (κ3) is 2.82. The number of fused-ring (bicyclic) bond motifs is 1. The van der Waals surface area contributed by atoms with Crippen LogP contribution in [-0.4, -0.2) is 35.4 Å². The number of imidazole rings is 1. The first-order chi connectivity index (χ1) is 12.2. The van der Waals surface area contributed by atoms with Crippen molar-refractivity contribution in [2.24, 2.45) is 0 Å². The minimum Gasteiger partial charge on any atom is -0.342 e. The summed E-state index contributed by atoms with van der Waals surface area (Å²) in [5.74, 6) is 0.842. The molecule has 124 valence electrons. The van der Waals surface area contributed by atoms with Gasteiger partial charge in [0.05, 0.1) is 12.2 Å². The molecule has 9 heteroatoms. The van der Waals surface area contributed by atoms with Crippen LogP contribution in [0.5, 0.6) is 0 Å². The molecule has 4 aromatic heterocycles. The maximum atomic E-state index is 12.5. The molecular weight excluding hydrogens is 322 g/mol. The van der Waals surface area contributed by atoms with E-state index in [0.717, 1.165) is 0 Å². The van der Waals surface area contributed by atoms with Gasteiger partial charge in [0.25, 0.3) is 5.91 Å². The van der Waals surface area contributed by atoms with Crippen molar-refractivity contribution in [3.05, 3.63) is 60.1 Å². The molecule has 0 spiro atoms. The quantitative estimate of drug-likeness (QED) is 0.600. The first kappa shape index (κ1) is 14.9. The van der Waals surface area contributed by atoms with Gasteiger partial charge >= 0.3 is 0 Å². The molecule has 0 atom stereocenters. The summed E-state index contributed by atoms with van der Waals surface area (Å²) in [7, 11) is 0. The lowest BCUT2D eigenvalue weighted by Gasteiger charge is -2.03. The Balaban J connectivity index is 1.51. The van der Waals surface area contributed by atoms with Crippen LogP contribution in [0.2, 0.25) is 0 Å². The van der Waals surface area contributed by atoms with Gasteiger partial charge in [0.1, 0.15) is 11.4 Å². The van der Waals surface area contributed by atoms with Crippen molar-refractivity contribution in [1.82, 2.24) is 34.8 Å². The maximum absolute atomic E-state index is 12.5. The summed E-state index contributed by atoms with van der Waals surface area (Å²) in [5.41, 5.74) is 1.62. The lowest BCUT2D eigenvalue weighted by molar-refractivity contribution is 0.0939. The van der Waals surface area contributed by atoms with Crippen LogP contribution < -0.4 is 5.32 Å². The largest absolute Gasteiger partial charge is 0.342 e. The molecule has 9 nitrogen and oxygen atoms in total. The van der Waals surface area contributed by atoms with Gasteiger partial charge < -0.3 is 9.84 Å². The summed E-state index contributed by atoms with van der Waals surface area (Å²) in [4.78, 5) is 29.3. The van der Waals surface area contributed by atoms with E-state index < -0.39 is 0 Å². The molecule has 1 amide bonds. The number of nitrogens with one attached hydrogen (secondary N) is 1. The molecular formula is C16H13N7O2. The van der Waals surface area contributed by atoms with Crippen molar-refractivity contribution in [3.63, 3.8) is 0 Å². The highest BCUT2D eigenvalue weighted by atomic mass is 16.5. The highest BCUT2D eigenvalue weighted by molar-refractivity contribution is 5.94. The third-order valence-electron chi connectivity index (χ3n) is 3.56. The Morgan fingerprint density at radius 2 is 2.08 bits per heavy atom. The molecule has 0 radical (unpaired) electrons. The zero-order chi connectivity index (χ0) is 17.2. The summed E-state index contributed by atoms with van der Waals surface area (Å²) in [6.07, 6.45) is 5.01. The van der Waals surface area contributed by atoms with Crippen LogP contribution in [0.4, 0.5) is 0 Å². The van der Waals surface area contributed by atoms with Crippen LogP contribution in [0, 0.1) is 6.92 Å². The van der Waals surface area contributed by atoms with Crippen molar-refractivity contribution < 1.29 is 9.32 Å². The monoisotopic (exact) mass is 335 g/mol. The number of hydrogen-bond donors (Lipinski definition) is 1. The third-order valence-corrected chi connectivity index (χ3v) is 3.56. The normalized spacial score (nSPS) is 10.9. The van der Waals surface area contributed by atoms with E-state index in [4.69, 9.17) is 4.52 Å². The lowest BCUT2D eigenvalue weighted by Crippen LogP contribution is -2.25. The molecule has 0 aliphatic rings. The van der Waals surface area contributed by atoms with Crippen LogP contribution in [0.25, 0.3) is 17.3 Å². The van der Waals surface area contributed by atoms with Crippen molar-refractivity contribution in [2.45, 2.75) is 13.5 Å². The molecule has 4 heterocycles. The first-order valence-corrected chi connectivity index (χ1v) is 7.54. The number of carbonyl (C=O) groups excluding carboxylic acids is 1. The predicted octanol–water partition coefficient (Wildman–Crippen LogP) is 1.41. The van der Waals surface area contributed by atoms with E-state index in [1.165, 1.54) is 0 Å². The second kappa shape index (κ2) is 6.11. The van der Waals surface area contributed by atoms with E-state index in [1.807, 2.05) is 6.07 Å². The standard InChI is InChI=1S/C16H13N7O2/c1-10-13(23-8-4-7-18-16(23)20-10)15(24)19-9-12-21-14(22-25-12)11-5-2-3-6-17-11/h2-8H,9H2,1H3,(H,19,24). The summed E-state index contributed by atoms with van der Waals surface area (Å²) < 4.78 is 6.79. The van der Waals surface area contributed by atoms with Gasteiger partial charge in [0.2, 0.25) is 17.5 Å². The van der Waals surface area contributed by atoms with Gasteiger partial charge in [-0.05, 0) is 25.1 Å². The minimum absolute atomic E-state index is 0.103. The molecule has 4 rings (SSSR count). The van der Waals surface area contributed by atoms with E-state index in [2.05, 4.69) is 30.4 Å². The van der Waals surface area contributed by atoms with Gasteiger partial charge in [-0.1, -0.05) is 11.2 Å². The van der Waals surface area contributed by atoms with Crippen molar-refractivity contribution in [2.75, 3.05) is 0 Å². The Kier molecular flexibility index (Phi) is 3.65. The molecule has 0 fully saturated rings. The van der Waals surface area contributed by atoms with Gasteiger partial charge in [0.15, 0.2) is 0 Å². The van der Waals surface area contributed by atoms with Crippen LogP contribution >= 0.6 is 0 Å². The number of hydrogen-bond acceptors (Lipinski definition) is 7. The SMILES string of the molecule is Cc1nc2ncccn2c1C(=O)NCc1nc(-c2ccccn2)no1. The molecule has 1 N–H and O–H groups in total. The van der Waals surface area contributed by atoms with Gasteiger partial charge in [-0.2, -0.15) is 4.98 Å². The molecule has 0 aliphatic carbocycles. The van der Waals surface area contributed by atoms with E-state index in [1.54, 1.807) is 48.1 Å². The van der Waals surface area contributed by atoms with Crippen molar-refractivity contribution in [3.8, 4) is 11.5 Å². The number of rotatable bonds is 4. The number of amides is 1. The van der Waals surface area contributed by atoms with Gasteiger partial charge in [-0.15, -0.1) is 0 Å². The van der Waals surface area contributed by atoms with Crippen molar-refractivity contribution in [1.29, 1.82) is 0 Å². The number of nitrogens with zero attached hydrogens (tertiary/aromatic N) is 6. The zero-order valence-corrected chi connectivity index (χ0v) is 13.2. The Morgan fingerprint density at radius 3 is 2.92 bits per heavy atom. The fourth-order valence-corrected chi connectivity index (χ4v) is 2.44. The second-order valence-electron chi connectivity index (χ2n) is 5.24. The van der Waals surface area contributed by atoms with E-state index in [-0.39, 0.29) is 12.5 Å². The Morgan fingerprint density at radius 1 is 1.20 bits per heavy atom. The number of aryl methyl sites for hydroxylation is 1. The molecule has 0 unspecified atom stereocenters. The fourth-order valence-electron chi connectivity index (χ4n) is 2.44. The summed E-state index contributed by atoms with van der Waals surface area (Å²) >= 11 is 0. The summed E-state index contributed by atoms with van der Waals surface area (Å²) in [6.45, 7) is 1.86. The number of pyridine rings is 1. The molecule has 4 aromatic rings. The average Bonchev–Trinajstić information content (AvgIpc) is 3.24. The number of aromatic nitrogens is 6. The average molecular weight is 335 g/mol. The molecule has 0 saturated heterocycles. The van der Waals surface area contributed by atoms with Crippen LogP contribution in [-0.2, 0) is 6.54 Å². The van der Waals surface area contributed by atoms with Crippen LogP contribution in [0.15, 0.2) is 47.4 Å². The highest BCUT2D eigenvalue weighted by Gasteiger charge is 2.18. The molecule has 0 bridgehead atoms. The van der Waals surface area contributed by atoms with Crippen molar-refractivity contribution >= 4 is 11.7 Å². The maximum Gasteiger partial charge on any atom is 0.270 e. The summed E-state index contributed by atoms with van der Waals surface area (Å²) in [6, 6.07) is 7.16. The van der Waals surface area contributed by atoms with E-state index in [9.17, 15) is 4.79 Å². The summed E-state index contributed by atoms with van der Waals surface area (Å²) in [5, 5.41) is 6.62. The van der Waals surface area contributed by atoms with E-state index in [0.29, 0.717) is 34.6 Å².